The summed E-state index contributed by atoms with van der Waals surface area (Å²) >= 11 is 0. The van der Waals surface area contributed by atoms with Crippen molar-refractivity contribution in [2.24, 2.45) is 0 Å². The summed E-state index contributed by atoms with van der Waals surface area (Å²) in [6, 6.07) is 6.84. The molecule has 2 aromatic rings. The van der Waals surface area contributed by atoms with Crippen LogP contribution in [0.4, 0.5) is 0 Å². The zero-order valence-corrected chi connectivity index (χ0v) is 20.1. The van der Waals surface area contributed by atoms with Crippen LogP contribution in [-0.2, 0) is 27.6 Å². The molecule has 0 aromatic heterocycles. The van der Waals surface area contributed by atoms with Crippen LogP contribution in [0.3, 0.4) is 0 Å². The van der Waals surface area contributed by atoms with Crippen LogP contribution in [0, 0.1) is 20.8 Å². The molecule has 7 heteroatoms. The highest BCUT2D eigenvalue weighted by atomic mass is 32.2. The summed E-state index contributed by atoms with van der Waals surface area (Å²) in [6.07, 6.45) is 2.23. The van der Waals surface area contributed by atoms with Gasteiger partial charge in [0.2, 0.25) is 10.0 Å². The van der Waals surface area contributed by atoms with Crippen molar-refractivity contribution in [1.82, 2.24) is 4.72 Å². The highest BCUT2D eigenvalue weighted by molar-refractivity contribution is 7.89. The highest BCUT2D eigenvalue weighted by Gasteiger charge is 2.32. The molecule has 0 saturated carbocycles. The molecule has 1 aliphatic rings. The first-order valence-corrected chi connectivity index (χ1v) is 12.1. The van der Waals surface area contributed by atoms with Crippen LogP contribution < -0.4 is 14.2 Å². The number of fused-ring (bicyclic) bond motifs is 1. The van der Waals surface area contributed by atoms with Gasteiger partial charge in [0.05, 0.1) is 4.90 Å². The van der Waals surface area contributed by atoms with Crippen LogP contribution in [0.25, 0.3) is 0 Å². The van der Waals surface area contributed by atoms with Gasteiger partial charge in [0.1, 0.15) is 17.1 Å². The van der Waals surface area contributed by atoms with E-state index in [0.717, 1.165) is 52.2 Å². The Hall–Kier alpha value is -2.09. The van der Waals surface area contributed by atoms with Crippen LogP contribution in [-0.4, -0.2) is 34.5 Å². The van der Waals surface area contributed by atoms with E-state index in [1.54, 1.807) is 31.4 Å². The normalized spacial score (nSPS) is 15.3. The van der Waals surface area contributed by atoms with E-state index in [2.05, 4.69) is 18.6 Å². The lowest BCUT2D eigenvalue weighted by atomic mass is 9.86. The van der Waals surface area contributed by atoms with E-state index in [1.807, 2.05) is 20.8 Å². The van der Waals surface area contributed by atoms with Crippen molar-refractivity contribution in [1.29, 1.82) is 0 Å². The maximum absolute atomic E-state index is 12.7. The van der Waals surface area contributed by atoms with Gasteiger partial charge in [-0.05, 0) is 77.1 Å². The Morgan fingerprint density at radius 1 is 1.10 bits per heavy atom. The summed E-state index contributed by atoms with van der Waals surface area (Å²) < 4.78 is 45.5. The minimum Gasteiger partial charge on any atom is -0.487 e. The summed E-state index contributed by atoms with van der Waals surface area (Å²) in [5, 5.41) is 0. The van der Waals surface area contributed by atoms with E-state index in [-0.39, 0.29) is 23.8 Å². The summed E-state index contributed by atoms with van der Waals surface area (Å²) in [5.74, 6) is 1.66. The Morgan fingerprint density at radius 2 is 1.77 bits per heavy atom. The van der Waals surface area contributed by atoms with Gasteiger partial charge in [-0.1, -0.05) is 17.7 Å². The third-order valence-electron chi connectivity index (χ3n) is 5.83. The zero-order valence-electron chi connectivity index (χ0n) is 19.3. The Balaban J connectivity index is 1.90. The van der Waals surface area contributed by atoms with Gasteiger partial charge in [-0.25, -0.2) is 13.1 Å². The Bertz CT molecular complexity index is 1040. The lowest BCUT2D eigenvalue weighted by Crippen LogP contribution is -2.34. The van der Waals surface area contributed by atoms with Crippen molar-refractivity contribution in [3.63, 3.8) is 0 Å². The smallest absolute Gasteiger partial charge is 0.240 e. The predicted octanol–water partition coefficient (Wildman–Crippen LogP) is 4.22. The Kier molecular flexibility index (Phi) is 6.98. The third-order valence-corrected chi connectivity index (χ3v) is 7.31. The van der Waals surface area contributed by atoms with Crippen molar-refractivity contribution in [2.75, 3.05) is 20.4 Å². The molecule has 0 radical (unpaired) electrons. The summed E-state index contributed by atoms with van der Waals surface area (Å²) in [7, 11) is -2.00. The van der Waals surface area contributed by atoms with Crippen molar-refractivity contribution in [2.45, 2.75) is 64.4 Å². The topological polar surface area (TPSA) is 73.9 Å². The maximum Gasteiger partial charge on any atom is 0.240 e. The predicted molar refractivity (Wildman–Crippen MR) is 122 cm³/mol. The fraction of sp³-hybridized carbons (Fsp3) is 0.500. The molecule has 1 N–H and O–H groups in total. The number of hydrogen-bond donors (Lipinski definition) is 1. The first-order chi connectivity index (χ1) is 14.6. The van der Waals surface area contributed by atoms with Gasteiger partial charge in [0.15, 0.2) is 6.79 Å². The summed E-state index contributed by atoms with van der Waals surface area (Å²) in [4.78, 5) is 0.265. The standard InChI is InChI=1S/C24H33NO5S/c1-16-7-9-19(10-8-16)31(26,27)25-14-12-21-20-11-13-24(4,5)30-23(20)18(3)17(2)22(21)29-15-28-6/h7-10,25H,11-15H2,1-6H3. The van der Waals surface area contributed by atoms with Crippen LogP contribution in [0.1, 0.15) is 48.1 Å². The summed E-state index contributed by atoms with van der Waals surface area (Å²) in [6.45, 7) is 10.6. The van der Waals surface area contributed by atoms with Gasteiger partial charge in [0, 0.05) is 24.8 Å². The monoisotopic (exact) mass is 447 g/mol. The molecule has 0 spiro atoms. The van der Waals surface area contributed by atoms with E-state index < -0.39 is 10.0 Å². The molecule has 0 bridgehead atoms. The molecular weight excluding hydrogens is 414 g/mol. The first kappa shape index (κ1) is 23.6. The molecule has 170 valence electrons. The molecule has 0 amide bonds. The van der Waals surface area contributed by atoms with Crippen molar-refractivity contribution in [3.8, 4) is 11.5 Å². The van der Waals surface area contributed by atoms with Crippen molar-refractivity contribution < 1.29 is 22.6 Å². The molecule has 0 fully saturated rings. The molecule has 1 aliphatic heterocycles. The molecule has 6 nitrogen and oxygen atoms in total. The van der Waals surface area contributed by atoms with E-state index in [9.17, 15) is 8.42 Å². The van der Waals surface area contributed by atoms with E-state index in [0.29, 0.717) is 6.42 Å². The molecule has 1 heterocycles. The van der Waals surface area contributed by atoms with Gasteiger partial charge < -0.3 is 14.2 Å². The SMILES string of the molecule is COCOc1c(C)c(C)c2c(c1CCNS(=O)(=O)c1ccc(C)cc1)CCC(C)(C)O2. The van der Waals surface area contributed by atoms with Crippen molar-refractivity contribution >= 4 is 10.0 Å². The quantitative estimate of drug-likeness (QED) is 0.614. The number of hydrogen-bond acceptors (Lipinski definition) is 5. The number of rotatable bonds is 8. The van der Waals surface area contributed by atoms with Crippen LogP contribution in [0.2, 0.25) is 0 Å². The van der Waals surface area contributed by atoms with Gasteiger partial charge in [-0.2, -0.15) is 0 Å². The number of benzene rings is 2. The largest absolute Gasteiger partial charge is 0.487 e. The van der Waals surface area contributed by atoms with Gasteiger partial charge in [-0.15, -0.1) is 0 Å². The average Bonchev–Trinajstić information content (AvgIpc) is 2.71. The minimum absolute atomic E-state index is 0.132. The van der Waals surface area contributed by atoms with E-state index in [4.69, 9.17) is 14.2 Å². The highest BCUT2D eigenvalue weighted by Crippen LogP contribution is 2.44. The van der Waals surface area contributed by atoms with Gasteiger partial charge in [0.25, 0.3) is 0 Å². The lowest BCUT2D eigenvalue weighted by Gasteiger charge is -2.36. The van der Waals surface area contributed by atoms with Crippen LogP contribution in [0.15, 0.2) is 29.2 Å². The van der Waals surface area contributed by atoms with Gasteiger partial charge in [-0.3, -0.25) is 0 Å². The second-order valence-electron chi connectivity index (χ2n) is 8.74. The molecule has 3 rings (SSSR count). The average molecular weight is 448 g/mol. The number of methoxy groups -OCH3 is 1. The maximum atomic E-state index is 12.7. The Morgan fingerprint density at radius 3 is 2.42 bits per heavy atom. The number of ether oxygens (including phenoxy) is 3. The number of sulfonamides is 1. The fourth-order valence-electron chi connectivity index (χ4n) is 3.91. The molecular formula is C24H33NO5S. The number of aryl methyl sites for hydroxylation is 1. The number of nitrogens with one attached hydrogen (secondary N) is 1. The summed E-state index contributed by atoms with van der Waals surface area (Å²) in [5.41, 5.74) is 4.91. The van der Waals surface area contributed by atoms with Crippen LogP contribution in [0.5, 0.6) is 11.5 Å². The second-order valence-corrected chi connectivity index (χ2v) is 10.5. The first-order valence-electron chi connectivity index (χ1n) is 10.6. The van der Waals surface area contributed by atoms with E-state index in [1.165, 1.54) is 0 Å². The van der Waals surface area contributed by atoms with Crippen molar-refractivity contribution in [3.05, 3.63) is 52.1 Å². The molecule has 31 heavy (non-hydrogen) atoms. The zero-order chi connectivity index (χ0) is 22.8. The molecule has 0 aliphatic carbocycles. The fourth-order valence-corrected chi connectivity index (χ4v) is 4.94. The third kappa shape index (κ3) is 5.22. The molecule has 0 unspecified atom stereocenters. The van der Waals surface area contributed by atoms with E-state index >= 15 is 0 Å². The molecule has 0 atom stereocenters. The molecule has 2 aromatic carbocycles. The Labute approximate surface area is 186 Å². The molecule has 0 saturated heterocycles. The van der Waals surface area contributed by atoms with Gasteiger partial charge >= 0.3 is 0 Å². The van der Waals surface area contributed by atoms with Crippen LogP contribution >= 0.6 is 0 Å². The minimum atomic E-state index is -3.58. The second kappa shape index (κ2) is 9.18. The lowest BCUT2D eigenvalue weighted by molar-refractivity contribution is 0.0488.